The van der Waals surface area contributed by atoms with Crippen LogP contribution in [0.3, 0.4) is 0 Å². The van der Waals surface area contributed by atoms with Crippen LogP contribution in [0.15, 0.2) is 23.1 Å². The van der Waals surface area contributed by atoms with Crippen LogP contribution in [0.25, 0.3) is 0 Å². The van der Waals surface area contributed by atoms with E-state index in [9.17, 15) is 4.21 Å². The maximum absolute atomic E-state index is 12.0. The van der Waals surface area contributed by atoms with E-state index >= 15 is 0 Å². The van der Waals surface area contributed by atoms with Gasteiger partial charge in [0.1, 0.15) is 0 Å². The molecule has 2 N–H and O–H groups in total. The van der Waals surface area contributed by atoms with Crippen LogP contribution in [-0.4, -0.2) is 9.96 Å². The van der Waals surface area contributed by atoms with Gasteiger partial charge in [-0.15, -0.1) is 0 Å². The molecule has 1 saturated carbocycles. The van der Waals surface area contributed by atoms with Crippen molar-refractivity contribution in [1.82, 2.24) is 0 Å². The molecule has 0 bridgehead atoms. The monoisotopic (exact) mass is 243 g/mol. The molecule has 82 valence electrons. The molecule has 4 heteroatoms. The fourth-order valence-electron chi connectivity index (χ4n) is 1.66. The lowest BCUT2D eigenvalue weighted by atomic mass is 9.87. The third-order valence-corrected chi connectivity index (χ3v) is 4.86. The maximum Gasteiger partial charge on any atom is 0.0594 e. The van der Waals surface area contributed by atoms with Crippen molar-refractivity contribution >= 4 is 28.1 Å². The number of benzene rings is 1. The second kappa shape index (κ2) is 4.54. The van der Waals surface area contributed by atoms with E-state index in [2.05, 4.69) is 0 Å². The Kier molecular flexibility index (Phi) is 3.32. The van der Waals surface area contributed by atoms with Crippen molar-refractivity contribution in [1.29, 1.82) is 0 Å². The van der Waals surface area contributed by atoms with Gasteiger partial charge in [-0.1, -0.05) is 18.0 Å². The van der Waals surface area contributed by atoms with Gasteiger partial charge >= 0.3 is 0 Å². The summed E-state index contributed by atoms with van der Waals surface area (Å²) in [6, 6.07) is 5.16. The van der Waals surface area contributed by atoms with Gasteiger partial charge in [0, 0.05) is 11.4 Å². The molecule has 0 saturated heterocycles. The third-order valence-electron chi connectivity index (χ3n) is 2.81. The van der Waals surface area contributed by atoms with E-state index in [4.69, 9.17) is 17.3 Å². The molecule has 0 heterocycles. The Morgan fingerprint density at radius 3 is 2.80 bits per heavy atom. The fourth-order valence-corrected chi connectivity index (χ4v) is 3.53. The van der Waals surface area contributed by atoms with Gasteiger partial charge in [0.2, 0.25) is 0 Å². The lowest BCUT2D eigenvalue weighted by Gasteiger charge is -2.24. The molecule has 1 aliphatic carbocycles. The number of nitrogen functional groups attached to an aromatic ring is 1. The molecule has 1 aromatic rings. The van der Waals surface area contributed by atoms with Crippen LogP contribution >= 0.6 is 11.6 Å². The van der Waals surface area contributed by atoms with Gasteiger partial charge in [-0.3, -0.25) is 4.21 Å². The number of halogens is 1. The van der Waals surface area contributed by atoms with Gasteiger partial charge in [-0.2, -0.15) is 0 Å². The Morgan fingerprint density at radius 1 is 1.47 bits per heavy atom. The maximum atomic E-state index is 12.0. The van der Waals surface area contributed by atoms with Crippen molar-refractivity contribution in [2.45, 2.75) is 24.2 Å². The zero-order valence-corrected chi connectivity index (χ0v) is 9.98. The van der Waals surface area contributed by atoms with E-state index in [1.54, 1.807) is 18.2 Å². The van der Waals surface area contributed by atoms with E-state index in [1.165, 1.54) is 19.3 Å². The zero-order valence-electron chi connectivity index (χ0n) is 8.41. The Bertz CT molecular complexity index is 390. The molecule has 2 nitrogen and oxygen atoms in total. The van der Waals surface area contributed by atoms with Crippen molar-refractivity contribution in [2.24, 2.45) is 5.92 Å². The van der Waals surface area contributed by atoms with E-state index < -0.39 is 10.8 Å². The SMILES string of the molecule is Nc1ccc(Cl)c(S(=O)CC2CCC2)c1. The van der Waals surface area contributed by atoms with Crippen molar-refractivity contribution < 1.29 is 4.21 Å². The highest BCUT2D eigenvalue weighted by atomic mass is 35.5. The largest absolute Gasteiger partial charge is 0.399 e. The minimum atomic E-state index is -0.996. The molecule has 0 radical (unpaired) electrons. The summed E-state index contributed by atoms with van der Waals surface area (Å²) in [4.78, 5) is 0.684. The highest BCUT2D eigenvalue weighted by Gasteiger charge is 2.21. The van der Waals surface area contributed by atoms with E-state index in [-0.39, 0.29) is 0 Å². The van der Waals surface area contributed by atoms with Crippen LogP contribution in [0, 0.1) is 5.92 Å². The van der Waals surface area contributed by atoms with E-state index in [0.29, 0.717) is 21.5 Å². The van der Waals surface area contributed by atoms with Crippen LogP contribution < -0.4 is 5.73 Å². The summed E-state index contributed by atoms with van der Waals surface area (Å²) in [5.74, 6) is 1.34. The van der Waals surface area contributed by atoms with Crippen molar-refractivity contribution in [2.75, 3.05) is 11.5 Å². The summed E-state index contributed by atoms with van der Waals surface area (Å²) in [5.41, 5.74) is 6.27. The summed E-state index contributed by atoms with van der Waals surface area (Å²) < 4.78 is 12.0. The molecule has 0 aromatic heterocycles. The smallest absolute Gasteiger partial charge is 0.0594 e. The molecule has 2 rings (SSSR count). The summed E-state index contributed by atoms with van der Waals surface area (Å²) in [6.07, 6.45) is 3.67. The number of hydrogen-bond acceptors (Lipinski definition) is 2. The predicted molar refractivity (Wildman–Crippen MR) is 64.5 cm³/mol. The first-order valence-corrected chi connectivity index (χ1v) is 6.80. The quantitative estimate of drug-likeness (QED) is 0.830. The molecule has 1 fully saturated rings. The molecule has 1 unspecified atom stereocenters. The molecule has 1 aromatic carbocycles. The molecule has 0 spiro atoms. The molecule has 1 atom stereocenters. The summed E-state index contributed by atoms with van der Waals surface area (Å²) >= 11 is 5.99. The van der Waals surface area contributed by atoms with Gasteiger partial charge in [0.15, 0.2) is 0 Å². The first-order chi connectivity index (χ1) is 7.16. The van der Waals surface area contributed by atoms with Crippen LogP contribution in [0.2, 0.25) is 5.02 Å². The van der Waals surface area contributed by atoms with Gasteiger partial charge in [-0.25, -0.2) is 0 Å². The van der Waals surface area contributed by atoms with E-state index in [0.717, 1.165) is 5.75 Å². The number of hydrogen-bond donors (Lipinski definition) is 1. The lowest BCUT2D eigenvalue weighted by Crippen LogP contribution is -2.18. The predicted octanol–water partition coefficient (Wildman–Crippen LogP) is 2.83. The van der Waals surface area contributed by atoms with Gasteiger partial charge in [0.25, 0.3) is 0 Å². The minimum absolute atomic E-state index is 0.557. The summed E-state index contributed by atoms with van der Waals surface area (Å²) in [5, 5.41) is 0.557. The number of anilines is 1. The molecule has 0 aliphatic heterocycles. The second-order valence-corrected chi connectivity index (χ2v) is 5.87. The highest BCUT2D eigenvalue weighted by molar-refractivity contribution is 7.85. The first kappa shape index (κ1) is 11.0. The molecule has 0 amide bonds. The second-order valence-electron chi connectivity index (χ2n) is 4.00. The molecular weight excluding hydrogens is 230 g/mol. The molecule has 1 aliphatic rings. The average Bonchev–Trinajstić information content (AvgIpc) is 2.15. The Morgan fingerprint density at radius 2 is 2.20 bits per heavy atom. The average molecular weight is 244 g/mol. The molecular formula is C11H14ClNOS. The van der Waals surface area contributed by atoms with Crippen LogP contribution in [0.5, 0.6) is 0 Å². The minimum Gasteiger partial charge on any atom is -0.399 e. The van der Waals surface area contributed by atoms with Gasteiger partial charge in [-0.05, 0) is 37.0 Å². The van der Waals surface area contributed by atoms with Gasteiger partial charge < -0.3 is 5.73 Å². The van der Waals surface area contributed by atoms with Gasteiger partial charge in [0.05, 0.1) is 20.7 Å². The van der Waals surface area contributed by atoms with Crippen LogP contribution in [-0.2, 0) is 10.8 Å². The lowest BCUT2D eigenvalue weighted by molar-refractivity contribution is 0.350. The Labute approximate surface area is 97.3 Å². The standard InChI is InChI=1S/C11H14ClNOS/c12-10-5-4-9(13)6-11(10)15(14)7-8-2-1-3-8/h4-6,8H,1-3,7,13H2. The Hall–Kier alpha value is -0.540. The number of rotatable bonds is 3. The Balaban J connectivity index is 2.12. The van der Waals surface area contributed by atoms with Crippen molar-refractivity contribution in [3.05, 3.63) is 23.2 Å². The first-order valence-electron chi connectivity index (χ1n) is 5.10. The van der Waals surface area contributed by atoms with Crippen LogP contribution in [0.4, 0.5) is 5.69 Å². The normalized spacial score (nSPS) is 18.5. The van der Waals surface area contributed by atoms with Crippen molar-refractivity contribution in [3.8, 4) is 0 Å². The van der Waals surface area contributed by atoms with Crippen molar-refractivity contribution in [3.63, 3.8) is 0 Å². The van der Waals surface area contributed by atoms with Crippen LogP contribution in [0.1, 0.15) is 19.3 Å². The van der Waals surface area contributed by atoms with E-state index in [1.807, 2.05) is 0 Å². The summed E-state index contributed by atoms with van der Waals surface area (Å²) in [7, 11) is -0.996. The topological polar surface area (TPSA) is 43.1 Å². The zero-order chi connectivity index (χ0) is 10.8. The highest BCUT2D eigenvalue weighted by Crippen LogP contribution is 2.30. The number of nitrogens with two attached hydrogens (primary N) is 1. The third kappa shape index (κ3) is 2.52. The summed E-state index contributed by atoms with van der Waals surface area (Å²) in [6.45, 7) is 0. The fraction of sp³-hybridized carbons (Fsp3) is 0.455. The molecule has 15 heavy (non-hydrogen) atoms.